The number of aromatic nitrogens is 1. The average molecular weight is 673 g/mol. The first-order valence-electron chi connectivity index (χ1n) is 17.0. The normalized spacial score (nSPS) is 19.3. The molecule has 0 bridgehead atoms. The predicted octanol–water partition coefficient (Wildman–Crippen LogP) is 5.70. The number of carbonyl (C=O) groups is 1. The zero-order valence-corrected chi connectivity index (χ0v) is 29.6. The SMILES string of the molecule is CCc1cn2c3c(cc(C(=O)N[C@@H](Cc4ccccc4)[C@H](O)CN[C@@H]4CCOc5cc(C(C)C)ccc54)cc13)N(C)S(=O)(=O)C(C)(C)C2. The zero-order chi connectivity index (χ0) is 34.4. The summed E-state index contributed by atoms with van der Waals surface area (Å²) in [6, 6.07) is 19.1. The molecule has 256 valence electrons. The molecule has 2 aliphatic heterocycles. The lowest BCUT2D eigenvalue weighted by molar-refractivity contribution is 0.0820. The fourth-order valence-electron chi connectivity index (χ4n) is 7.04. The van der Waals surface area contributed by atoms with Gasteiger partial charge in [0.25, 0.3) is 5.91 Å². The third-order valence-electron chi connectivity index (χ3n) is 10.0. The molecule has 0 saturated heterocycles. The van der Waals surface area contributed by atoms with E-state index >= 15 is 0 Å². The average Bonchev–Trinajstić information content (AvgIpc) is 3.40. The van der Waals surface area contributed by atoms with Gasteiger partial charge in [-0.25, -0.2) is 8.42 Å². The number of ether oxygens (including phenoxy) is 1. The lowest BCUT2D eigenvalue weighted by Gasteiger charge is -2.30. The van der Waals surface area contributed by atoms with Crippen LogP contribution in [0.3, 0.4) is 0 Å². The molecule has 10 heteroatoms. The summed E-state index contributed by atoms with van der Waals surface area (Å²) in [5.74, 6) is 0.903. The smallest absolute Gasteiger partial charge is 0.251 e. The van der Waals surface area contributed by atoms with Crippen LogP contribution in [0.2, 0.25) is 0 Å². The molecule has 3 atom stereocenters. The highest BCUT2D eigenvalue weighted by atomic mass is 32.2. The van der Waals surface area contributed by atoms with Crippen molar-refractivity contribution in [3.63, 3.8) is 0 Å². The van der Waals surface area contributed by atoms with Crippen LogP contribution in [0.5, 0.6) is 5.75 Å². The molecule has 0 unspecified atom stereocenters. The van der Waals surface area contributed by atoms with Gasteiger partial charge in [-0.1, -0.05) is 63.2 Å². The van der Waals surface area contributed by atoms with Crippen molar-refractivity contribution in [3.05, 3.63) is 94.7 Å². The minimum atomic E-state index is -3.72. The van der Waals surface area contributed by atoms with Crippen molar-refractivity contribution in [2.75, 3.05) is 24.5 Å². The van der Waals surface area contributed by atoms with Gasteiger partial charge in [0.15, 0.2) is 0 Å². The fourth-order valence-corrected chi connectivity index (χ4v) is 8.48. The van der Waals surface area contributed by atoms with E-state index in [1.165, 1.54) is 9.87 Å². The number of nitrogens with one attached hydrogen (secondary N) is 2. The van der Waals surface area contributed by atoms with Gasteiger partial charge in [0.05, 0.1) is 30.0 Å². The van der Waals surface area contributed by atoms with E-state index in [-0.39, 0.29) is 18.5 Å². The van der Waals surface area contributed by atoms with E-state index < -0.39 is 26.9 Å². The van der Waals surface area contributed by atoms with Gasteiger partial charge in [-0.15, -0.1) is 0 Å². The first-order chi connectivity index (χ1) is 22.8. The molecule has 0 spiro atoms. The molecular formula is C38H48N4O5S. The summed E-state index contributed by atoms with van der Waals surface area (Å²) in [6.45, 7) is 11.0. The van der Waals surface area contributed by atoms with Gasteiger partial charge in [-0.05, 0) is 67.5 Å². The van der Waals surface area contributed by atoms with Crippen LogP contribution in [-0.2, 0) is 29.4 Å². The number of aliphatic hydroxyl groups is 1. The number of benzene rings is 3. The van der Waals surface area contributed by atoms with Gasteiger partial charge in [-0.2, -0.15) is 0 Å². The first kappa shape index (κ1) is 34.0. The topological polar surface area (TPSA) is 113 Å². The number of hydrogen-bond donors (Lipinski definition) is 3. The predicted molar refractivity (Wildman–Crippen MR) is 192 cm³/mol. The third kappa shape index (κ3) is 6.33. The van der Waals surface area contributed by atoms with Gasteiger partial charge in [0, 0.05) is 55.3 Å². The Morgan fingerprint density at radius 1 is 1.10 bits per heavy atom. The zero-order valence-electron chi connectivity index (χ0n) is 28.8. The molecule has 4 aromatic rings. The monoisotopic (exact) mass is 672 g/mol. The van der Waals surface area contributed by atoms with Crippen LogP contribution in [0, 0.1) is 0 Å². The van der Waals surface area contributed by atoms with Gasteiger partial charge in [-0.3, -0.25) is 9.10 Å². The Labute approximate surface area is 284 Å². The lowest BCUT2D eigenvalue weighted by Crippen LogP contribution is -2.49. The molecule has 0 saturated carbocycles. The summed E-state index contributed by atoms with van der Waals surface area (Å²) >= 11 is 0. The maximum Gasteiger partial charge on any atom is 0.251 e. The second-order valence-electron chi connectivity index (χ2n) is 14.1. The molecule has 3 heterocycles. The number of fused-ring (bicyclic) bond motifs is 1. The minimum Gasteiger partial charge on any atom is -0.493 e. The van der Waals surface area contributed by atoms with Crippen molar-refractivity contribution >= 4 is 32.5 Å². The van der Waals surface area contributed by atoms with Gasteiger partial charge in [0.2, 0.25) is 10.0 Å². The standard InChI is InChI=1S/C38H48N4O5S/c1-7-26-22-42-23-38(4,5)48(45,46)41(6)33-19-28(18-30(26)36(33)42)37(44)40-32(17-25-11-9-8-10-12-25)34(43)21-39-31-15-16-47-35-20-27(24(2)3)13-14-29(31)35/h8-14,18-20,22,24,31-32,34,39,43H,7,15-17,21,23H2,1-6H3,(H,40,44)/t31-,32+,34-/m1/s1. The molecule has 48 heavy (non-hydrogen) atoms. The number of nitrogens with zero attached hydrogens (tertiary/aromatic N) is 2. The summed E-state index contributed by atoms with van der Waals surface area (Å²) in [7, 11) is -2.16. The minimum absolute atomic E-state index is 0.00960. The Morgan fingerprint density at radius 2 is 1.85 bits per heavy atom. The molecule has 3 N–H and O–H groups in total. The molecule has 0 aliphatic carbocycles. The number of anilines is 1. The number of hydrogen-bond acceptors (Lipinski definition) is 6. The number of carbonyl (C=O) groups excluding carboxylic acids is 1. The van der Waals surface area contributed by atoms with E-state index in [4.69, 9.17) is 4.74 Å². The number of aliphatic hydroxyl groups excluding tert-OH is 1. The summed E-state index contributed by atoms with van der Waals surface area (Å²) in [6.07, 6.45) is 3.03. The van der Waals surface area contributed by atoms with Crippen molar-refractivity contribution in [2.45, 2.75) is 89.3 Å². The summed E-state index contributed by atoms with van der Waals surface area (Å²) in [5, 5.41) is 19.2. The Hall–Kier alpha value is -3.86. The number of sulfonamides is 1. The Morgan fingerprint density at radius 3 is 2.56 bits per heavy atom. The number of rotatable bonds is 10. The fraction of sp³-hybridized carbons (Fsp3) is 0.447. The third-order valence-corrected chi connectivity index (χ3v) is 12.5. The van der Waals surface area contributed by atoms with Crippen LogP contribution in [0.15, 0.2) is 66.9 Å². The first-order valence-corrected chi connectivity index (χ1v) is 18.4. The van der Waals surface area contributed by atoms with Crippen molar-refractivity contribution in [3.8, 4) is 5.75 Å². The van der Waals surface area contributed by atoms with Crippen molar-refractivity contribution in [2.24, 2.45) is 0 Å². The quantitative estimate of drug-likeness (QED) is 0.199. The highest BCUT2D eigenvalue weighted by Gasteiger charge is 2.42. The van der Waals surface area contributed by atoms with E-state index in [1.54, 1.807) is 27.0 Å². The molecule has 0 radical (unpaired) electrons. The molecular weight excluding hydrogens is 625 g/mol. The van der Waals surface area contributed by atoms with Crippen LogP contribution in [0.25, 0.3) is 10.9 Å². The summed E-state index contributed by atoms with van der Waals surface area (Å²) < 4.78 is 35.6. The van der Waals surface area contributed by atoms with Gasteiger partial charge >= 0.3 is 0 Å². The Kier molecular flexibility index (Phi) is 9.37. The van der Waals surface area contributed by atoms with Crippen LogP contribution < -0.4 is 19.7 Å². The summed E-state index contributed by atoms with van der Waals surface area (Å²) in [5.41, 5.74) is 5.96. The Balaban J connectivity index is 1.28. The largest absolute Gasteiger partial charge is 0.493 e. The lowest BCUT2D eigenvalue weighted by atomic mass is 9.94. The van der Waals surface area contributed by atoms with Crippen molar-refractivity contribution < 1.29 is 23.1 Å². The van der Waals surface area contributed by atoms with E-state index in [9.17, 15) is 18.3 Å². The number of amides is 1. The second-order valence-corrected chi connectivity index (χ2v) is 16.7. The molecule has 9 nitrogen and oxygen atoms in total. The van der Waals surface area contributed by atoms with Crippen LogP contribution in [0.1, 0.15) is 85.6 Å². The van der Waals surface area contributed by atoms with Crippen molar-refractivity contribution in [1.29, 1.82) is 0 Å². The second kappa shape index (κ2) is 13.2. The molecule has 1 amide bonds. The molecule has 1 aromatic heterocycles. The molecule has 0 fully saturated rings. The van der Waals surface area contributed by atoms with E-state index in [0.717, 1.165) is 46.2 Å². The highest BCUT2D eigenvalue weighted by Crippen LogP contribution is 2.40. The van der Waals surface area contributed by atoms with Crippen molar-refractivity contribution in [1.82, 2.24) is 15.2 Å². The molecule has 2 aliphatic rings. The van der Waals surface area contributed by atoms with Gasteiger partial charge < -0.3 is 25.0 Å². The molecule has 3 aromatic carbocycles. The van der Waals surface area contributed by atoms with Crippen LogP contribution >= 0.6 is 0 Å². The summed E-state index contributed by atoms with van der Waals surface area (Å²) in [4.78, 5) is 14.1. The maximum absolute atomic E-state index is 14.1. The van der Waals surface area contributed by atoms with Crippen LogP contribution in [-0.4, -0.2) is 61.1 Å². The Bertz CT molecular complexity index is 1920. The van der Waals surface area contributed by atoms with E-state index in [0.29, 0.717) is 36.7 Å². The van der Waals surface area contributed by atoms with E-state index in [2.05, 4.69) is 49.6 Å². The molecule has 6 rings (SSSR count). The van der Waals surface area contributed by atoms with E-state index in [1.807, 2.05) is 47.2 Å². The van der Waals surface area contributed by atoms with Gasteiger partial charge in [0.1, 0.15) is 10.5 Å². The highest BCUT2D eigenvalue weighted by molar-refractivity contribution is 7.94. The van der Waals surface area contributed by atoms with Crippen LogP contribution in [0.4, 0.5) is 5.69 Å². The maximum atomic E-state index is 14.1. The number of aryl methyl sites for hydroxylation is 1.